The van der Waals surface area contributed by atoms with Crippen molar-refractivity contribution in [2.45, 2.75) is 27.1 Å². The fraction of sp³-hybridized carbons (Fsp3) is 0.286. The number of aryl methyl sites for hydroxylation is 2. The van der Waals surface area contributed by atoms with E-state index in [1.807, 2.05) is 0 Å². The zero-order valence-corrected chi connectivity index (χ0v) is 14.3. The molecule has 0 saturated heterocycles. The Kier molecular flexibility index (Phi) is 5.48. The van der Waals surface area contributed by atoms with Gasteiger partial charge in [0.05, 0.1) is 24.6 Å². The van der Waals surface area contributed by atoms with Crippen LogP contribution < -0.4 is 9.05 Å². The van der Waals surface area contributed by atoms with Gasteiger partial charge in [-0.25, -0.2) is 4.57 Å². The van der Waals surface area contributed by atoms with E-state index in [9.17, 15) is 29.9 Å². The molecule has 0 saturated carbocycles. The van der Waals surface area contributed by atoms with Crippen molar-refractivity contribution in [2.24, 2.45) is 0 Å². The number of aromatic hydroxyl groups is 2. The SMILES string of the molecule is Cc1ncc(CO)c(OP(=O)(O)Oc2c(CO)cnc(C)c2O)c1O. The van der Waals surface area contributed by atoms with Crippen molar-refractivity contribution in [3.63, 3.8) is 0 Å². The molecule has 2 rings (SSSR count). The van der Waals surface area contributed by atoms with Crippen molar-refractivity contribution >= 4 is 7.82 Å². The van der Waals surface area contributed by atoms with E-state index >= 15 is 0 Å². The number of hydrogen-bond donors (Lipinski definition) is 5. The molecule has 0 unspecified atom stereocenters. The first-order chi connectivity index (χ1) is 11.7. The van der Waals surface area contributed by atoms with Gasteiger partial charge in [-0.05, 0) is 13.8 Å². The van der Waals surface area contributed by atoms with Crippen LogP contribution in [0.15, 0.2) is 12.4 Å². The molecule has 0 aliphatic heterocycles. The van der Waals surface area contributed by atoms with Crippen molar-refractivity contribution < 1.29 is 38.9 Å². The Morgan fingerprint density at radius 1 is 0.920 bits per heavy atom. The Morgan fingerprint density at radius 3 is 1.60 bits per heavy atom. The molecular weight excluding hydrogens is 355 g/mol. The smallest absolute Gasteiger partial charge is 0.503 e. The maximum absolute atomic E-state index is 12.3. The van der Waals surface area contributed by atoms with Crippen molar-refractivity contribution in [1.29, 1.82) is 0 Å². The highest BCUT2D eigenvalue weighted by Crippen LogP contribution is 2.51. The van der Waals surface area contributed by atoms with E-state index in [-0.39, 0.29) is 22.5 Å². The summed E-state index contributed by atoms with van der Waals surface area (Å²) < 4.78 is 22.0. The van der Waals surface area contributed by atoms with Gasteiger partial charge in [0.25, 0.3) is 0 Å². The second-order valence-corrected chi connectivity index (χ2v) is 6.36. The predicted octanol–water partition coefficient (Wildman–Crippen LogP) is 1.05. The average molecular weight is 372 g/mol. The minimum absolute atomic E-state index is 0.0431. The highest BCUT2D eigenvalue weighted by molar-refractivity contribution is 7.48. The summed E-state index contributed by atoms with van der Waals surface area (Å²) in [5.41, 5.74) is 0.119. The van der Waals surface area contributed by atoms with Crippen LogP contribution in [0.1, 0.15) is 22.5 Å². The number of hydrogen-bond acceptors (Lipinski definition) is 9. The Morgan fingerprint density at radius 2 is 1.28 bits per heavy atom. The molecule has 2 heterocycles. The zero-order valence-electron chi connectivity index (χ0n) is 13.4. The summed E-state index contributed by atoms with van der Waals surface area (Å²) in [6, 6.07) is 0. The van der Waals surface area contributed by atoms with Gasteiger partial charge in [0.2, 0.25) is 0 Å². The molecular formula is C14H17N2O8P. The van der Waals surface area contributed by atoms with Crippen LogP contribution in [-0.2, 0) is 17.8 Å². The number of nitrogens with zero attached hydrogens (tertiary/aromatic N) is 2. The van der Waals surface area contributed by atoms with Crippen LogP contribution in [0.4, 0.5) is 0 Å². The average Bonchev–Trinajstić information content (AvgIpc) is 2.56. The Balaban J connectivity index is 2.41. The molecule has 0 bridgehead atoms. The lowest BCUT2D eigenvalue weighted by atomic mass is 10.2. The molecule has 2 aromatic heterocycles. The van der Waals surface area contributed by atoms with Crippen LogP contribution in [0, 0.1) is 13.8 Å². The normalized spacial score (nSPS) is 11.4. The Bertz CT molecular complexity index is 777. The van der Waals surface area contributed by atoms with Gasteiger partial charge in [0.15, 0.2) is 23.0 Å². The lowest BCUT2D eigenvalue weighted by Crippen LogP contribution is -2.06. The number of rotatable bonds is 6. The van der Waals surface area contributed by atoms with Crippen molar-refractivity contribution in [3.05, 3.63) is 34.9 Å². The van der Waals surface area contributed by atoms with Crippen molar-refractivity contribution in [1.82, 2.24) is 9.97 Å². The molecule has 5 N–H and O–H groups in total. The molecule has 11 heteroatoms. The summed E-state index contributed by atoms with van der Waals surface area (Å²) in [4.78, 5) is 17.6. The second kappa shape index (κ2) is 7.24. The van der Waals surface area contributed by atoms with Gasteiger partial charge in [0, 0.05) is 23.5 Å². The third kappa shape index (κ3) is 3.99. The minimum atomic E-state index is -4.91. The largest absolute Gasteiger partial charge is 0.585 e. The van der Waals surface area contributed by atoms with E-state index in [0.29, 0.717) is 0 Å². The Labute approximate surface area is 142 Å². The number of phosphoric acid groups is 1. The minimum Gasteiger partial charge on any atom is -0.503 e. The molecule has 0 aromatic carbocycles. The number of aliphatic hydroxyl groups excluding tert-OH is 2. The molecule has 10 nitrogen and oxygen atoms in total. The van der Waals surface area contributed by atoms with Crippen LogP contribution >= 0.6 is 7.82 Å². The van der Waals surface area contributed by atoms with E-state index in [1.165, 1.54) is 13.8 Å². The topological polar surface area (TPSA) is 162 Å². The summed E-state index contributed by atoms with van der Waals surface area (Å²) in [5.74, 6) is -2.03. The second-order valence-electron chi connectivity index (χ2n) is 5.06. The van der Waals surface area contributed by atoms with E-state index in [2.05, 4.69) is 9.97 Å². The molecule has 0 aliphatic carbocycles. The van der Waals surface area contributed by atoms with Crippen LogP contribution in [0.25, 0.3) is 0 Å². The van der Waals surface area contributed by atoms with Crippen LogP contribution in [-0.4, -0.2) is 35.3 Å². The maximum Gasteiger partial charge on any atom is 0.585 e. The van der Waals surface area contributed by atoms with E-state index in [4.69, 9.17) is 9.05 Å². The predicted molar refractivity (Wildman–Crippen MR) is 84.2 cm³/mol. The third-order valence-corrected chi connectivity index (χ3v) is 4.11. The number of pyridine rings is 2. The fourth-order valence-electron chi connectivity index (χ4n) is 1.90. The van der Waals surface area contributed by atoms with Gasteiger partial charge in [-0.1, -0.05) is 0 Å². The summed E-state index contributed by atoms with van der Waals surface area (Å²) in [5, 5.41) is 38.4. The summed E-state index contributed by atoms with van der Waals surface area (Å²) in [6.07, 6.45) is 2.33. The lowest BCUT2D eigenvalue weighted by Gasteiger charge is -2.19. The van der Waals surface area contributed by atoms with Gasteiger partial charge in [-0.3, -0.25) is 14.9 Å². The Hall–Kier alpha value is -2.39. The first-order valence-electron chi connectivity index (χ1n) is 6.98. The molecule has 0 radical (unpaired) electrons. The summed E-state index contributed by atoms with van der Waals surface area (Å²) in [6.45, 7) is 1.62. The van der Waals surface area contributed by atoms with E-state index < -0.39 is 44.0 Å². The lowest BCUT2D eigenvalue weighted by molar-refractivity contribution is 0.252. The van der Waals surface area contributed by atoms with Crippen LogP contribution in [0.3, 0.4) is 0 Å². The first-order valence-corrected chi connectivity index (χ1v) is 8.48. The molecule has 0 atom stereocenters. The molecule has 25 heavy (non-hydrogen) atoms. The zero-order chi connectivity index (χ0) is 18.8. The summed E-state index contributed by atoms with van der Waals surface area (Å²) in [7, 11) is -4.91. The standard InChI is InChI=1S/C14H17N2O8P/c1-7-11(19)13(9(5-17)3-15-7)23-25(21,22)24-14-10(6-18)4-16-8(2)12(14)20/h3-4,17-20H,5-6H2,1-2H3,(H,21,22). The molecule has 0 amide bonds. The molecule has 0 aliphatic rings. The van der Waals surface area contributed by atoms with Gasteiger partial charge in [-0.15, -0.1) is 0 Å². The molecule has 136 valence electrons. The van der Waals surface area contributed by atoms with Gasteiger partial charge < -0.3 is 29.5 Å². The number of aromatic nitrogens is 2. The quantitative estimate of drug-likeness (QED) is 0.463. The van der Waals surface area contributed by atoms with Crippen molar-refractivity contribution in [2.75, 3.05) is 0 Å². The highest BCUT2D eigenvalue weighted by Gasteiger charge is 2.31. The van der Waals surface area contributed by atoms with E-state index in [1.54, 1.807) is 0 Å². The molecule has 0 spiro atoms. The van der Waals surface area contributed by atoms with E-state index in [0.717, 1.165) is 12.4 Å². The molecule has 2 aromatic rings. The van der Waals surface area contributed by atoms with Gasteiger partial charge >= 0.3 is 7.82 Å². The summed E-state index contributed by atoms with van der Waals surface area (Å²) >= 11 is 0. The van der Waals surface area contributed by atoms with Crippen molar-refractivity contribution in [3.8, 4) is 23.0 Å². The van der Waals surface area contributed by atoms with Crippen LogP contribution in [0.2, 0.25) is 0 Å². The van der Waals surface area contributed by atoms with Gasteiger partial charge in [0.1, 0.15) is 0 Å². The highest BCUT2D eigenvalue weighted by atomic mass is 31.2. The van der Waals surface area contributed by atoms with Crippen LogP contribution in [0.5, 0.6) is 23.0 Å². The third-order valence-electron chi connectivity index (χ3n) is 3.28. The maximum atomic E-state index is 12.3. The monoisotopic (exact) mass is 372 g/mol. The fourth-order valence-corrected chi connectivity index (χ4v) is 2.81. The first kappa shape index (κ1) is 18.9. The molecule has 0 fully saturated rings. The van der Waals surface area contributed by atoms with Gasteiger partial charge in [-0.2, -0.15) is 0 Å². The number of phosphoric ester groups is 1. The number of aliphatic hydroxyl groups is 2.